The molecule has 1 rings (SSSR count). The summed E-state index contributed by atoms with van der Waals surface area (Å²) in [5.74, 6) is 0. The van der Waals surface area contributed by atoms with E-state index in [1.54, 1.807) is 0 Å². The highest BCUT2D eigenvalue weighted by Gasteiger charge is 2.20. The van der Waals surface area contributed by atoms with Crippen molar-refractivity contribution in [1.29, 1.82) is 0 Å². The Kier molecular flexibility index (Phi) is 3.32. The molecule has 0 radical (unpaired) electrons. The minimum Gasteiger partial charge on any atom is -0.327 e. The first-order chi connectivity index (χ1) is 6.39. The van der Waals surface area contributed by atoms with E-state index in [0.29, 0.717) is 0 Å². The van der Waals surface area contributed by atoms with Crippen molar-refractivity contribution < 1.29 is 0 Å². The molecule has 1 atom stereocenters. The molecule has 0 aliphatic rings. The molecule has 3 heteroatoms. The van der Waals surface area contributed by atoms with Crippen LogP contribution in [0.25, 0.3) is 0 Å². The predicted octanol–water partition coefficient (Wildman–Crippen LogP) is 1.73. The molecular weight excluding hydrogens is 174 g/mol. The molecule has 1 aromatic rings. The lowest BCUT2D eigenvalue weighted by Crippen LogP contribution is -2.35. The summed E-state index contributed by atoms with van der Waals surface area (Å²) in [4.78, 5) is 0. The smallest absolute Gasteiger partial charge is 0.0625 e. The SMILES string of the molecule is Cn1ccc(CCC(N)C(C)(C)C)n1. The standard InChI is InChI=1S/C11H21N3/c1-11(2,3)10(12)6-5-9-7-8-14(4)13-9/h7-8,10H,5-6,12H2,1-4H3. The maximum Gasteiger partial charge on any atom is 0.0625 e. The maximum atomic E-state index is 6.07. The van der Waals surface area contributed by atoms with Crippen molar-refractivity contribution in [2.75, 3.05) is 0 Å². The Bertz CT molecular complexity index is 283. The molecule has 1 unspecified atom stereocenters. The Morgan fingerprint density at radius 1 is 1.50 bits per heavy atom. The highest BCUT2D eigenvalue weighted by Crippen LogP contribution is 2.20. The number of hydrogen-bond donors (Lipinski definition) is 1. The van der Waals surface area contributed by atoms with Gasteiger partial charge in [-0.25, -0.2) is 0 Å². The van der Waals surface area contributed by atoms with Crippen molar-refractivity contribution in [2.45, 2.75) is 39.7 Å². The van der Waals surface area contributed by atoms with E-state index in [2.05, 4.69) is 31.9 Å². The Balaban J connectivity index is 2.41. The highest BCUT2D eigenvalue weighted by molar-refractivity contribution is 4.99. The monoisotopic (exact) mass is 195 g/mol. The van der Waals surface area contributed by atoms with E-state index in [-0.39, 0.29) is 11.5 Å². The molecule has 0 aliphatic carbocycles. The van der Waals surface area contributed by atoms with Crippen LogP contribution < -0.4 is 5.73 Å². The summed E-state index contributed by atoms with van der Waals surface area (Å²) in [6, 6.07) is 2.29. The van der Waals surface area contributed by atoms with Crippen LogP contribution in [0.1, 0.15) is 32.9 Å². The molecule has 0 bridgehead atoms. The zero-order chi connectivity index (χ0) is 10.8. The summed E-state index contributed by atoms with van der Waals surface area (Å²) in [6.07, 6.45) is 3.94. The minimum absolute atomic E-state index is 0.189. The molecule has 0 saturated heterocycles. The summed E-state index contributed by atoms with van der Waals surface area (Å²) >= 11 is 0. The number of nitrogens with zero attached hydrogens (tertiary/aromatic N) is 2. The quantitative estimate of drug-likeness (QED) is 0.798. The van der Waals surface area contributed by atoms with Crippen LogP contribution in [0.3, 0.4) is 0 Å². The third-order valence-corrected chi connectivity index (χ3v) is 2.59. The lowest BCUT2D eigenvalue weighted by atomic mass is 9.84. The fourth-order valence-electron chi connectivity index (χ4n) is 1.33. The third kappa shape index (κ3) is 3.14. The minimum atomic E-state index is 0.189. The van der Waals surface area contributed by atoms with Crippen LogP contribution in [0, 0.1) is 5.41 Å². The third-order valence-electron chi connectivity index (χ3n) is 2.59. The highest BCUT2D eigenvalue weighted by atomic mass is 15.2. The van der Waals surface area contributed by atoms with E-state index >= 15 is 0 Å². The molecule has 1 heterocycles. The summed E-state index contributed by atoms with van der Waals surface area (Å²) in [7, 11) is 1.94. The van der Waals surface area contributed by atoms with Gasteiger partial charge in [0.15, 0.2) is 0 Å². The van der Waals surface area contributed by atoms with Crippen LogP contribution in [-0.2, 0) is 13.5 Å². The van der Waals surface area contributed by atoms with Gasteiger partial charge in [0.1, 0.15) is 0 Å². The Morgan fingerprint density at radius 3 is 2.57 bits per heavy atom. The van der Waals surface area contributed by atoms with Crippen LogP contribution in [-0.4, -0.2) is 15.8 Å². The van der Waals surface area contributed by atoms with E-state index in [1.807, 2.05) is 17.9 Å². The molecule has 0 amide bonds. The van der Waals surface area contributed by atoms with Crippen LogP contribution in [0.2, 0.25) is 0 Å². The van der Waals surface area contributed by atoms with Gasteiger partial charge in [0.05, 0.1) is 5.69 Å². The van der Waals surface area contributed by atoms with Crippen molar-refractivity contribution in [1.82, 2.24) is 9.78 Å². The van der Waals surface area contributed by atoms with Gasteiger partial charge in [-0.3, -0.25) is 4.68 Å². The molecule has 0 fully saturated rings. The zero-order valence-corrected chi connectivity index (χ0v) is 9.62. The normalized spacial score (nSPS) is 14.4. The van der Waals surface area contributed by atoms with Gasteiger partial charge in [0.25, 0.3) is 0 Å². The van der Waals surface area contributed by atoms with E-state index in [0.717, 1.165) is 18.5 Å². The Labute approximate surface area is 86.3 Å². The average molecular weight is 195 g/mol. The number of nitrogens with two attached hydrogens (primary N) is 1. The van der Waals surface area contributed by atoms with E-state index in [4.69, 9.17) is 5.73 Å². The van der Waals surface area contributed by atoms with Crippen molar-refractivity contribution in [2.24, 2.45) is 18.2 Å². The van der Waals surface area contributed by atoms with Crippen molar-refractivity contribution in [3.63, 3.8) is 0 Å². The van der Waals surface area contributed by atoms with Gasteiger partial charge in [-0.05, 0) is 24.3 Å². The van der Waals surface area contributed by atoms with Gasteiger partial charge < -0.3 is 5.73 Å². The first-order valence-electron chi connectivity index (χ1n) is 5.13. The second-order valence-electron chi connectivity index (χ2n) is 4.99. The summed E-state index contributed by atoms with van der Waals surface area (Å²) in [5, 5.41) is 4.33. The van der Waals surface area contributed by atoms with E-state index in [9.17, 15) is 0 Å². The number of rotatable bonds is 3. The molecule has 0 aromatic carbocycles. The van der Waals surface area contributed by atoms with Gasteiger partial charge in [0, 0.05) is 19.3 Å². The van der Waals surface area contributed by atoms with Gasteiger partial charge in [-0.1, -0.05) is 20.8 Å². The van der Waals surface area contributed by atoms with Crippen LogP contribution in [0.15, 0.2) is 12.3 Å². The molecule has 2 N–H and O–H groups in total. The average Bonchev–Trinajstić information content (AvgIpc) is 2.45. The van der Waals surface area contributed by atoms with Crippen LogP contribution >= 0.6 is 0 Å². The van der Waals surface area contributed by atoms with Gasteiger partial charge in [-0.15, -0.1) is 0 Å². The van der Waals surface area contributed by atoms with Crippen molar-refractivity contribution in [3.8, 4) is 0 Å². The van der Waals surface area contributed by atoms with Gasteiger partial charge in [-0.2, -0.15) is 5.10 Å². The number of hydrogen-bond acceptors (Lipinski definition) is 2. The lowest BCUT2D eigenvalue weighted by Gasteiger charge is -2.26. The van der Waals surface area contributed by atoms with Crippen molar-refractivity contribution >= 4 is 0 Å². The molecule has 80 valence electrons. The van der Waals surface area contributed by atoms with Gasteiger partial charge >= 0.3 is 0 Å². The summed E-state index contributed by atoms with van der Waals surface area (Å²) in [6.45, 7) is 6.53. The molecule has 1 aromatic heterocycles. The van der Waals surface area contributed by atoms with Crippen LogP contribution in [0.4, 0.5) is 0 Å². The number of aryl methyl sites for hydroxylation is 2. The first-order valence-corrected chi connectivity index (χ1v) is 5.13. The zero-order valence-electron chi connectivity index (χ0n) is 9.62. The fraction of sp³-hybridized carbons (Fsp3) is 0.727. The van der Waals surface area contributed by atoms with E-state index < -0.39 is 0 Å². The van der Waals surface area contributed by atoms with Crippen molar-refractivity contribution in [3.05, 3.63) is 18.0 Å². The first kappa shape index (κ1) is 11.2. The molecule has 0 spiro atoms. The number of aromatic nitrogens is 2. The second-order valence-corrected chi connectivity index (χ2v) is 4.99. The molecule has 0 saturated carbocycles. The molecule has 14 heavy (non-hydrogen) atoms. The van der Waals surface area contributed by atoms with Crippen LogP contribution in [0.5, 0.6) is 0 Å². The lowest BCUT2D eigenvalue weighted by molar-refractivity contribution is 0.305. The van der Waals surface area contributed by atoms with E-state index in [1.165, 1.54) is 0 Å². The molecule has 3 nitrogen and oxygen atoms in total. The largest absolute Gasteiger partial charge is 0.327 e. The Morgan fingerprint density at radius 2 is 2.14 bits per heavy atom. The molecule has 0 aliphatic heterocycles. The van der Waals surface area contributed by atoms with Gasteiger partial charge in [0.2, 0.25) is 0 Å². The predicted molar refractivity (Wildman–Crippen MR) is 59.0 cm³/mol. The molecular formula is C11H21N3. The fourth-order valence-corrected chi connectivity index (χ4v) is 1.33. The second kappa shape index (κ2) is 4.13. The topological polar surface area (TPSA) is 43.8 Å². The Hall–Kier alpha value is -0.830. The summed E-state index contributed by atoms with van der Waals surface area (Å²) < 4.78 is 1.83. The summed E-state index contributed by atoms with van der Waals surface area (Å²) in [5.41, 5.74) is 7.39. The maximum absolute atomic E-state index is 6.07.